The van der Waals surface area contributed by atoms with Crippen molar-refractivity contribution < 1.29 is 14.3 Å². The van der Waals surface area contributed by atoms with Gasteiger partial charge in [0, 0.05) is 26.4 Å². The molecule has 6 nitrogen and oxygen atoms in total. The molecule has 0 radical (unpaired) electrons. The molecular formula is C13H19N3O3. The van der Waals surface area contributed by atoms with Crippen LogP contribution in [-0.2, 0) is 9.47 Å². The fraction of sp³-hybridized carbons (Fsp3) is 0.538. The van der Waals surface area contributed by atoms with E-state index in [1.165, 1.54) is 7.11 Å². The van der Waals surface area contributed by atoms with E-state index in [1.54, 1.807) is 19.4 Å². The number of anilines is 2. The van der Waals surface area contributed by atoms with Crippen LogP contribution >= 0.6 is 0 Å². The van der Waals surface area contributed by atoms with E-state index in [4.69, 9.17) is 15.2 Å². The molecule has 104 valence electrons. The van der Waals surface area contributed by atoms with Gasteiger partial charge in [0.25, 0.3) is 0 Å². The lowest BCUT2D eigenvalue weighted by atomic mass is 10.1. The minimum Gasteiger partial charge on any atom is -0.465 e. The molecule has 2 N–H and O–H groups in total. The molecule has 0 amide bonds. The average molecular weight is 265 g/mol. The second-order valence-corrected chi connectivity index (χ2v) is 4.51. The van der Waals surface area contributed by atoms with Crippen LogP contribution in [0.5, 0.6) is 0 Å². The number of ether oxygens (including phenoxy) is 2. The van der Waals surface area contributed by atoms with E-state index >= 15 is 0 Å². The summed E-state index contributed by atoms with van der Waals surface area (Å²) in [6, 6.07) is 1.58. The molecule has 1 saturated heterocycles. The van der Waals surface area contributed by atoms with Gasteiger partial charge in [-0.15, -0.1) is 0 Å². The molecule has 0 bridgehead atoms. The smallest absolute Gasteiger partial charge is 0.340 e. The fourth-order valence-corrected chi connectivity index (χ4v) is 2.31. The number of methoxy groups -OCH3 is 2. The number of nitrogens with zero attached hydrogens (tertiary/aromatic N) is 2. The molecule has 1 aliphatic rings. The number of nitrogen functional groups attached to an aromatic ring is 1. The number of rotatable bonds is 3. The third kappa shape index (κ3) is 2.78. The summed E-state index contributed by atoms with van der Waals surface area (Å²) in [4.78, 5) is 18.0. The van der Waals surface area contributed by atoms with Crippen molar-refractivity contribution in [2.45, 2.75) is 18.9 Å². The van der Waals surface area contributed by atoms with Crippen LogP contribution in [0.2, 0.25) is 0 Å². The highest BCUT2D eigenvalue weighted by atomic mass is 16.5. The maximum absolute atomic E-state index is 11.6. The number of esters is 1. The average Bonchev–Trinajstić information content (AvgIpc) is 2.47. The Kier molecular flexibility index (Phi) is 4.21. The molecule has 2 rings (SSSR count). The molecule has 0 aromatic carbocycles. The Hall–Kier alpha value is -1.82. The molecule has 6 heteroatoms. The first kappa shape index (κ1) is 13.6. The van der Waals surface area contributed by atoms with Crippen molar-refractivity contribution in [3.8, 4) is 0 Å². The highest BCUT2D eigenvalue weighted by Gasteiger charge is 2.23. The Morgan fingerprint density at radius 2 is 2.11 bits per heavy atom. The number of carbonyl (C=O) groups is 1. The zero-order valence-corrected chi connectivity index (χ0v) is 11.3. The molecule has 0 atom stereocenters. The van der Waals surface area contributed by atoms with Crippen molar-refractivity contribution in [3.63, 3.8) is 0 Å². The Bertz CT molecular complexity index is 456. The highest BCUT2D eigenvalue weighted by molar-refractivity contribution is 5.97. The Balaban J connectivity index is 2.19. The predicted molar refractivity (Wildman–Crippen MR) is 72.2 cm³/mol. The second kappa shape index (κ2) is 5.88. The van der Waals surface area contributed by atoms with Crippen LogP contribution in [-0.4, -0.2) is 44.4 Å². The molecule has 1 aromatic heterocycles. The predicted octanol–water partition coefficient (Wildman–Crippen LogP) is 1.07. The Morgan fingerprint density at radius 3 is 2.68 bits per heavy atom. The monoisotopic (exact) mass is 265 g/mol. The van der Waals surface area contributed by atoms with Crippen molar-refractivity contribution in [2.24, 2.45) is 0 Å². The van der Waals surface area contributed by atoms with E-state index in [0.717, 1.165) is 25.9 Å². The van der Waals surface area contributed by atoms with Gasteiger partial charge >= 0.3 is 5.97 Å². The summed E-state index contributed by atoms with van der Waals surface area (Å²) in [7, 11) is 3.07. The van der Waals surface area contributed by atoms with Crippen molar-refractivity contribution >= 4 is 17.5 Å². The topological polar surface area (TPSA) is 77.7 Å². The van der Waals surface area contributed by atoms with Crippen molar-refractivity contribution in [1.29, 1.82) is 0 Å². The summed E-state index contributed by atoms with van der Waals surface area (Å²) >= 11 is 0. The van der Waals surface area contributed by atoms with E-state index in [9.17, 15) is 4.79 Å². The fourth-order valence-electron chi connectivity index (χ4n) is 2.31. The van der Waals surface area contributed by atoms with Crippen LogP contribution in [0.4, 0.5) is 11.5 Å². The molecule has 0 aliphatic carbocycles. The summed E-state index contributed by atoms with van der Waals surface area (Å²) < 4.78 is 10.0. The molecule has 0 saturated carbocycles. The molecule has 0 spiro atoms. The van der Waals surface area contributed by atoms with Gasteiger partial charge in [-0.3, -0.25) is 0 Å². The first-order valence-corrected chi connectivity index (χ1v) is 6.28. The molecule has 1 fully saturated rings. The maximum atomic E-state index is 11.6. The SMILES string of the molecule is COC(=O)c1ccnc(N2CCC(OC)CC2)c1N. The number of hydrogen-bond acceptors (Lipinski definition) is 6. The molecule has 19 heavy (non-hydrogen) atoms. The van der Waals surface area contributed by atoms with Gasteiger partial charge in [0.2, 0.25) is 0 Å². The molecular weight excluding hydrogens is 246 g/mol. The number of piperidine rings is 1. The van der Waals surface area contributed by atoms with Crippen molar-refractivity contribution in [1.82, 2.24) is 4.98 Å². The van der Waals surface area contributed by atoms with Gasteiger partial charge in [-0.2, -0.15) is 0 Å². The van der Waals surface area contributed by atoms with E-state index in [-0.39, 0.29) is 0 Å². The zero-order valence-electron chi connectivity index (χ0n) is 11.3. The van der Waals surface area contributed by atoms with Gasteiger partial charge in [-0.1, -0.05) is 0 Å². The van der Waals surface area contributed by atoms with Crippen LogP contribution in [0, 0.1) is 0 Å². The van der Waals surface area contributed by atoms with Crippen LogP contribution in [0.3, 0.4) is 0 Å². The number of pyridine rings is 1. The lowest BCUT2D eigenvalue weighted by molar-refractivity contribution is 0.0601. The third-order valence-corrected chi connectivity index (χ3v) is 3.45. The molecule has 1 aromatic rings. The number of carbonyl (C=O) groups excluding carboxylic acids is 1. The van der Waals surface area contributed by atoms with Crippen LogP contribution in [0.15, 0.2) is 12.3 Å². The summed E-state index contributed by atoms with van der Waals surface area (Å²) in [5.41, 5.74) is 6.76. The molecule has 1 aliphatic heterocycles. The maximum Gasteiger partial charge on any atom is 0.340 e. The van der Waals surface area contributed by atoms with E-state index in [1.807, 2.05) is 0 Å². The number of hydrogen-bond donors (Lipinski definition) is 1. The lowest BCUT2D eigenvalue weighted by Crippen LogP contribution is -2.37. The summed E-state index contributed by atoms with van der Waals surface area (Å²) in [6.45, 7) is 1.64. The van der Waals surface area contributed by atoms with E-state index in [2.05, 4.69) is 9.88 Å². The van der Waals surface area contributed by atoms with Crippen LogP contribution in [0.25, 0.3) is 0 Å². The quantitative estimate of drug-likeness (QED) is 0.824. The minimum atomic E-state index is -0.437. The normalized spacial score (nSPS) is 16.4. The Labute approximate surface area is 112 Å². The van der Waals surface area contributed by atoms with Gasteiger partial charge in [0.15, 0.2) is 5.82 Å². The van der Waals surface area contributed by atoms with Gasteiger partial charge in [-0.05, 0) is 18.9 Å². The number of aromatic nitrogens is 1. The van der Waals surface area contributed by atoms with Gasteiger partial charge in [0.1, 0.15) is 0 Å². The second-order valence-electron chi connectivity index (χ2n) is 4.51. The molecule has 2 heterocycles. The lowest BCUT2D eigenvalue weighted by Gasteiger charge is -2.32. The highest BCUT2D eigenvalue weighted by Crippen LogP contribution is 2.27. The summed E-state index contributed by atoms with van der Waals surface area (Å²) in [5, 5.41) is 0. The van der Waals surface area contributed by atoms with Gasteiger partial charge in [0.05, 0.1) is 24.5 Å². The zero-order chi connectivity index (χ0) is 13.8. The first-order chi connectivity index (χ1) is 9.17. The largest absolute Gasteiger partial charge is 0.465 e. The standard InChI is InChI=1S/C13H19N3O3/c1-18-9-4-7-16(8-5-9)12-11(14)10(3-6-15-12)13(17)19-2/h3,6,9H,4-5,7-8,14H2,1-2H3. The van der Waals surface area contributed by atoms with Crippen molar-refractivity contribution in [2.75, 3.05) is 37.9 Å². The minimum absolute atomic E-state index is 0.293. The van der Waals surface area contributed by atoms with E-state index in [0.29, 0.717) is 23.2 Å². The van der Waals surface area contributed by atoms with Gasteiger partial charge in [-0.25, -0.2) is 9.78 Å². The first-order valence-electron chi connectivity index (χ1n) is 6.28. The summed E-state index contributed by atoms with van der Waals surface area (Å²) in [6.07, 6.45) is 3.74. The Morgan fingerprint density at radius 1 is 1.42 bits per heavy atom. The van der Waals surface area contributed by atoms with E-state index < -0.39 is 5.97 Å². The molecule has 0 unspecified atom stereocenters. The van der Waals surface area contributed by atoms with Gasteiger partial charge < -0.3 is 20.1 Å². The van der Waals surface area contributed by atoms with Crippen LogP contribution in [0.1, 0.15) is 23.2 Å². The third-order valence-electron chi connectivity index (χ3n) is 3.45. The van der Waals surface area contributed by atoms with Crippen LogP contribution < -0.4 is 10.6 Å². The van der Waals surface area contributed by atoms with Crippen molar-refractivity contribution in [3.05, 3.63) is 17.8 Å². The number of nitrogens with two attached hydrogens (primary N) is 1. The summed E-state index contributed by atoms with van der Waals surface area (Å²) in [5.74, 6) is 0.213.